The number of nitrogens with two attached hydrogens (primary N) is 1. The van der Waals surface area contributed by atoms with Crippen LogP contribution in [0, 0.1) is 17.8 Å². The summed E-state index contributed by atoms with van der Waals surface area (Å²) in [7, 11) is 2.63. The Hall–Kier alpha value is -1.91. The van der Waals surface area contributed by atoms with Gasteiger partial charge in [0.1, 0.15) is 17.2 Å². The lowest BCUT2D eigenvalue weighted by atomic mass is 9.84. The van der Waals surface area contributed by atoms with Crippen LogP contribution in [0.25, 0.3) is 0 Å². The molecule has 2 unspecified atom stereocenters. The van der Waals surface area contributed by atoms with Gasteiger partial charge in [0.2, 0.25) is 0 Å². The molecule has 2 rings (SSSR count). The number of hydrogen-bond acceptors (Lipinski definition) is 4. The van der Waals surface area contributed by atoms with E-state index in [4.69, 9.17) is 10.8 Å². The van der Waals surface area contributed by atoms with Crippen molar-refractivity contribution in [1.82, 2.24) is 4.90 Å². The molecule has 1 amide bonds. The lowest BCUT2D eigenvalue weighted by Gasteiger charge is -2.36. The highest BCUT2D eigenvalue weighted by molar-refractivity contribution is 7.28. The number of amides is 1. The van der Waals surface area contributed by atoms with E-state index in [9.17, 15) is 9.90 Å². The van der Waals surface area contributed by atoms with E-state index in [1.54, 1.807) is 11.8 Å². The van der Waals surface area contributed by atoms with Crippen LogP contribution in [0.5, 0.6) is 0 Å². The standard InChI is InChI=1S/C22H34N3O2P.C2H6O/c1-13-8-9-14(15(28)12-13)24-19(23)16-17(26)18(22(5,6)7)25(20(16)27)11-10-21(2,3)4;1-2-3/h8-9,12,18,26H,10-11,28H2,1-7H3,(H2,23,24);3H,2H2,1H3. The van der Waals surface area contributed by atoms with Crippen LogP contribution in [0.1, 0.15) is 60.5 Å². The Morgan fingerprint density at radius 3 is 2.23 bits per heavy atom. The number of aliphatic hydroxyl groups is 2. The van der Waals surface area contributed by atoms with Crippen molar-refractivity contribution in [1.29, 1.82) is 0 Å². The number of hydrogen-bond donors (Lipinski definition) is 3. The molecule has 1 aliphatic heterocycles. The van der Waals surface area contributed by atoms with Gasteiger partial charge in [-0.1, -0.05) is 53.2 Å². The van der Waals surface area contributed by atoms with Crippen LogP contribution in [0.15, 0.2) is 34.5 Å². The van der Waals surface area contributed by atoms with Gasteiger partial charge >= 0.3 is 0 Å². The van der Waals surface area contributed by atoms with Gasteiger partial charge in [0.25, 0.3) is 5.91 Å². The molecular formula is C24H40N3O3P. The number of aliphatic imine (C=N–C) groups is 1. The van der Waals surface area contributed by atoms with Gasteiger partial charge in [-0.05, 0) is 48.5 Å². The molecule has 4 N–H and O–H groups in total. The Morgan fingerprint density at radius 2 is 1.77 bits per heavy atom. The molecule has 1 aromatic carbocycles. The SMILES string of the molecule is CCO.Cc1ccc(N=C(N)C2=C(O)C(C(C)(C)C)N(CCC(C)(C)C)C2=O)c(P)c1. The summed E-state index contributed by atoms with van der Waals surface area (Å²) in [5, 5.41) is 19.4. The van der Waals surface area contributed by atoms with Crippen LogP contribution in [-0.2, 0) is 4.79 Å². The van der Waals surface area contributed by atoms with Crippen molar-refractivity contribution >= 4 is 32.0 Å². The zero-order valence-corrected chi connectivity index (χ0v) is 21.4. The summed E-state index contributed by atoms with van der Waals surface area (Å²) in [5.41, 5.74) is 7.89. The number of aliphatic hydroxyl groups excluding tert-OH is 2. The van der Waals surface area contributed by atoms with Gasteiger partial charge in [-0.25, -0.2) is 4.99 Å². The van der Waals surface area contributed by atoms with Crippen LogP contribution in [0.3, 0.4) is 0 Å². The van der Waals surface area contributed by atoms with Gasteiger partial charge in [-0.2, -0.15) is 0 Å². The summed E-state index contributed by atoms with van der Waals surface area (Å²) in [4.78, 5) is 19.4. The lowest BCUT2D eigenvalue weighted by Crippen LogP contribution is -2.45. The smallest absolute Gasteiger partial charge is 0.261 e. The molecule has 7 heteroatoms. The van der Waals surface area contributed by atoms with Crippen LogP contribution >= 0.6 is 9.24 Å². The summed E-state index contributed by atoms with van der Waals surface area (Å²) in [5.74, 6) is -0.173. The van der Waals surface area contributed by atoms with Crippen molar-refractivity contribution in [2.45, 2.75) is 67.9 Å². The molecule has 0 saturated heterocycles. The van der Waals surface area contributed by atoms with Gasteiger partial charge in [0, 0.05) is 13.2 Å². The van der Waals surface area contributed by atoms with E-state index in [0.717, 1.165) is 17.3 Å². The molecule has 174 valence electrons. The second-order valence-corrected chi connectivity index (χ2v) is 10.8. The second-order valence-electron chi connectivity index (χ2n) is 10.2. The largest absolute Gasteiger partial charge is 0.509 e. The summed E-state index contributed by atoms with van der Waals surface area (Å²) >= 11 is 0. The maximum absolute atomic E-state index is 13.2. The second kappa shape index (κ2) is 10.6. The van der Waals surface area contributed by atoms with E-state index in [1.807, 2.05) is 45.9 Å². The van der Waals surface area contributed by atoms with Crippen molar-refractivity contribution < 1.29 is 15.0 Å². The third-order valence-corrected chi connectivity index (χ3v) is 5.37. The maximum atomic E-state index is 13.2. The fraction of sp³-hybridized carbons (Fsp3) is 0.583. The van der Waals surface area contributed by atoms with Crippen molar-refractivity contribution in [3.63, 3.8) is 0 Å². The van der Waals surface area contributed by atoms with Crippen molar-refractivity contribution in [3.05, 3.63) is 35.1 Å². The van der Waals surface area contributed by atoms with Gasteiger partial charge in [-0.15, -0.1) is 9.24 Å². The van der Waals surface area contributed by atoms with Crippen LogP contribution < -0.4 is 11.0 Å². The third kappa shape index (κ3) is 7.33. The minimum Gasteiger partial charge on any atom is -0.509 e. The van der Waals surface area contributed by atoms with Crippen LogP contribution in [0.4, 0.5) is 5.69 Å². The average Bonchev–Trinajstić information content (AvgIpc) is 2.85. The zero-order valence-electron chi connectivity index (χ0n) is 20.3. The molecule has 0 saturated carbocycles. The molecule has 1 aromatic rings. The number of benzene rings is 1. The van der Waals surface area contributed by atoms with E-state index in [1.165, 1.54) is 0 Å². The van der Waals surface area contributed by atoms with Gasteiger partial charge in [0.15, 0.2) is 0 Å². The number of amidine groups is 1. The highest BCUT2D eigenvalue weighted by Gasteiger charge is 2.46. The Bertz CT molecular complexity index is 849. The topological polar surface area (TPSA) is 99.2 Å². The Balaban J connectivity index is 0.00000151. The maximum Gasteiger partial charge on any atom is 0.261 e. The highest BCUT2D eigenvalue weighted by atomic mass is 31.0. The molecule has 1 heterocycles. The first kappa shape index (κ1) is 27.1. The minimum absolute atomic E-state index is 0.0186. The summed E-state index contributed by atoms with van der Waals surface area (Å²) in [6, 6.07) is 5.37. The van der Waals surface area contributed by atoms with Crippen molar-refractivity contribution in [3.8, 4) is 0 Å². The van der Waals surface area contributed by atoms with E-state index in [2.05, 4.69) is 35.0 Å². The lowest BCUT2D eigenvalue weighted by molar-refractivity contribution is -0.128. The Labute approximate surface area is 189 Å². The average molecular weight is 450 g/mol. The normalized spacial score (nSPS) is 17.7. The van der Waals surface area contributed by atoms with Gasteiger partial charge < -0.3 is 20.8 Å². The molecular weight excluding hydrogens is 409 g/mol. The predicted molar refractivity (Wildman–Crippen MR) is 133 cm³/mol. The molecule has 0 spiro atoms. The number of rotatable bonds is 4. The minimum atomic E-state index is -0.417. The molecule has 1 aliphatic rings. The highest BCUT2D eigenvalue weighted by Crippen LogP contribution is 2.37. The fourth-order valence-corrected chi connectivity index (χ4v) is 3.84. The fourth-order valence-electron chi connectivity index (χ4n) is 3.42. The predicted octanol–water partition coefficient (Wildman–Crippen LogP) is 3.99. The van der Waals surface area contributed by atoms with Crippen LogP contribution in [0.2, 0.25) is 0 Å². The molecule has 0 fully saturated rings. The van der Waals surface area contributed by atoms with Crippen molar-refractivity contribution in [2.24, 2.45) is 21.6 Å². The van der Waals surface area contributed by atoms with E-state index in [-0.39, 0.29) is 40.5 Å². The van der Waals surface area contributed by atoms with Crippen molar-refractivity contribution in [2.75, 3.05) is 13.2 Å². The molecule has 0 aliphatic carbocycles. The van der Waals surface area contributed by atoms with Gasteiger partial charge in [0.05, 0.1) is 11.7 Å². The summed E-state index contributed by atoms with van der Waals surface area (Å²) in [6.45, 7) is 17.0. The first-order valence-electron chi connectivity index (χ1n) is 10.7. The number of nitrogens with zero attached hydrogens (tertiary/aromatic N) is 2. The van der Waals surface area contributed by atoms with E-state index >= 15 is 0 Å². The first-order valence-corrected chi connectivity index (χ1v) is 11.3. The first-order chi connectivity index (χ1) is 14.1. The zero-order chi connectivity index (χ0) is 24.1. The van der Waals surface area contributed by atoms with E-state index < -0.39 is 6.04 Å². The quantitative estimate of drug-likeness (QED) is 0.368. The summed E-state index contributed by atoms with van der Waals surface area (Å²) < 4.78 is 0. The van der Waals surface area contributed by atoms with Gasteiger partial charge in [-0.3, -0.25) is 4.79 Å². The molecule has 6 nitrogen and oxygen atoms in total. The molecule has 0 aromatic heterocycles. The monoisotopic (exact) mass is 449 g/mol. The van der Waals surface area contributed by atoms with Crippen LogP contribution in [-0.4, -0.2) is 46.0 Å². The number of aryl methyl sites for hydroxylation is 1. The van der Waals surface area contributed by atoms with E-state index in [0.29, 0.717) is 12.2 Å². The molecule has 31 heavy (non-hydrogen) atoms. The molecule has 0 radical (unpaired) electrons. The summed E-state index contributed by atoms with van der Waals surface area (Å²) in [6.07, 6.45) is 0.830. The number of carbonyl (C=O) groups is 1. The molecule has 0 bridgehead atoms. The third-order valence-electron chi connectivity index (χ3n) is 4.90. The number of carbonyl (C=O) groups excluding carboxylic acids is 1. The Kier molecular flexibility index (Phi) is 9.28. The Morgan fingerprint density at radius 1 is 1.23 bits per heavy atom. The molecule has 2 atom stereocenters.